The first-order chi connectivity index (χ1) is 22.6. The Balaban J connectivity index is 1.42. The molecule has 2 aromatic carbocycles. The highest BCUT2D eigenvalue weighted by Gasteiger charge is 2.37. The molecule has 4 aromatic rings. The number of pyridine rings is 1. The first-order valence-electron chi connectivity index (χ1n) is 15.7. The molecule has 1 amide bonds. The monoisotopic (exact) mass is 659 g/mol. The molecule has 0 spiro atoms. The van der Waals surface area contributed by atoms with Crippen molar-refractivity contribution < 1.29 is 18.3 Å². The number of piperazine rings is 1. The predicted octanol–water partition coefficient (Wildman–Crippen LogP) is 6.35. The third kappa shape index (κ3) is 6.45. The van der Waals surface area contributed by atoms with Gasteiger partial charge in [-0.15, -0.1) is 0 Å². The van der Waals surface area contributed by atoms with E-state index in [2.05, 4.69) is 40.5 Å². The SMILES string of the molecule is [C-]#[N+]C[C@H]1CN(c2nc(OCC3CCN3C(C)(C)C)nc3c(F)c(-c4cccc5cccc(Cl)c45)ncc23)CCN1C(=O)/C=C/CF. The van der Waals surface area contributed by atoms with Crippen LogP contribution >= 0.6 is 11.6 Å². The van der Waals surface area contributed by atoms with Crippen LogP contribution in [0.3, 0.4) is 0 Å². The summed E-state index contributed by atoms with van der Waals surface area (Å²) >= 11 is 6.59. The highest BCUT2D eigenvalue weighted by atomic mass is 35.5. The lowest BCUT2D eigenvalue weighted by Gasteiger charge is -2.49. The summed E-state index contributed by atoms with van der Waals surface area (Å²) in [4.78, 5) is 36.1. The van der Waals surface area contributed by atoms with Gasteiger partial charge in [0.1, 0.15) is 36.4 Å². The van der Waals surface area contributed by atoms with Gasteiger partial charge in [0.05, 0.1) is 5.39 Å². The third-order valence-corrected chi connectivity index (χ3v) is 9.19. The Morgan fingerprint density at radius 1 is 1.15 bits per heavy atom. The number of aromatic nitrogens is 3. The van der Waals surface area contributed by atoms with E-state index in [-0.39, 0.29) is 54.3 Å². The second kappa shape index (κ2) is 13.4. The molecular formula is C35H36ClF2N7O2. The maximum absolute atomic E-state index is 16.7. The number of likely N-dealkylation sites (tertiary alicyclic amines) is 1. The quantitative estimate of drug-likeness (QED) is 0.161. The molecule has 2 saturated heterocycles. The molecule has 2 fully saturated rings. The summed E-state index contributed by atoms with van der Waals surface area (Å²) in [6.45, 7) is 15.4. The molecule has 2 aliphatic heterocycles. The Bertz CT molecular complexity index is 1890. The van der Waals surface area contributed by atoms with Gasteiger partial charge in [-0.1, -0.05) is 41.9 Å². The number of benzene rings is 2. The lowest BCUT2D eigenvalue weighted by Crippen LogP contribution is -2.59. The number of hydrogen-bond donors (Lipinski definition) is 0. The van der Waals surface area contributed by atoms with E-state index in [0.717, 1.165) is 24.4 Å². The number of allylic oxidation sites excluding steroid dienone is 1. The summed E-state index contributed by atoms with van der Waals surface area (Å²) in [5, 5.41) is 2.40. The number of nitrogens with zero attached hydrogens (tertiary/aromatic N) is 7. The van der Waals surface area contributed by atoms with Crippen molar-refractivity contribution in [2.24, 2.45) is 0 Å². The van der Waals surface area contributed by atoms with E-state index in [1.165, 1.54) is 6.08 Å². The standard InChI is InChI=1S/C35H36ClF2N7O2/c1-35(2,3)45-15-13-23(45)21-47-34-41-32-26(19-40-31(30(32)38)25-10-5-8-22-9-6-11-27(36)29(22)25)33(42-34)43-16-17-44(24(20-43)18-39-4)28(46)12-7-14-37/h5-12,19,23-24H,13-18,20-21H2,1-3H3/b12-7+/t23?,24-/m0/s1. The van der Waals surface area contributed by atoms with E-state index in [1.807, 2.05) is 29.2 Å². The van der Waals surface area contributed by atoms with Gasteiger partial charge < -0.3 is 19.4 Å². The lowest BCUT2D eigenvalue weighted by atomic mass is 9.94. The Morgan fingerprint density at radius 3 is 2.64 bits per heavy atom. The van der Waals surface area contributed by atoms with Gasteiger partial charge in [-0.25, -0.2) is 15.4 Å². The van der Waals surface area contributed by atoms with Crippen LogP contribution in [-0.2, 0) is 4.79 Å². The zero-order valence-electron chi connectivity index (χ0n) is 26.6. The van der Waals surface area contributed by atoms with E-state index in [0.29, 0.717) is 40.3 Å². The maximum Gasteiger partial charge on any atom is 0.319 e. The van der Waals surface area contributed by atoms with Crippen molar-refractivity contribution >= 4 is 45.0 Å². The fourth-order valence-electron chi connectivity index (χ4n) is 6.52. The predicted molar refractivity (Wildman–Crippen MR) is 180 cm³/mol. The Hall–Kier alpha value is -4.40. The maximum atomic E-state index is 16.7. The van der Waals surface area contributed by atoms with Gasteiger partial charge in [-0.05, 0) is 44.7 Å². The fourth-order valence-corrected chi connectivity index (χ4v) is 6.80. The van der Waals surface area contributed by atoms with Crippen molar-refractivity contribution in [1.82, 2.24) is 24.8 Å². The summed E-state index contributed by atoms with van der Waals surface area (Å²) in [7, 11) is 0. The van der Waals surface area contributed by atoms with Gasteiger partial charge in [0.15, 0.2) is 5.82 Å². The molecule has 4 heterocycles. The minimum atomic E-state index is -0.755. The first-order valence-corrected chi connectivity index (χ1v) is 16.0. The number of carbonyl (C=O) groups is 1. The molecular weight excluding hydrogens is 624 g/mol. The van der Waals surface area contributed by atoms with Crippen molar-refractivity contribution in [3.63, 3.8) is 0 Å². The summed E-state index contributed by atoms with van der Waals surface area (Å²) in [5.41, 5.74) is 0.663. The number of carbonyl (C=O) groups excluding carboxylic acids is 1. The zero-order valence-corrected chi connectivity index (χ0v) is 27.3. The van der Waals surface area contributed by atoms with Crippen LogP contribution in [-0.4, -0.2) is 94.3 Å². The number of hydrogen-bond acceptors (Lipinski definition) is 7. The Labute approximate surface area is 277 Å². The lowest BCUT2D eigenvalue weighted by molar-refractivity contribution is -0.128. The molecule has 0 saturated carbocycles. The second-order valence-electron chi connectivity index (χ2n) is 12.8. The van der Waals surface area contributed by atoms with E-state index in [9.17, 15) is 9.18 Å². The molecule has 0 aliphatic carbocycles. The summed E-state index contributed by atoms with van der Waals surface area (Å²) in [5.74, 6) is -0.588. The van der Waals surface area contributed by atoms with Crippen molar-refractivity contribution in [2.45, 2.75) is 44.8 Å². The van der Waals surface area contributed by atoms with E-state index in [1.54, 1.807) is 23.2 Å². The van der Waals surface area contributed by atoms with Crippen molar-refractivity contribution in [1.29, 1.82) is 0 Å². The Kier molecular flexibility index (Phi) is 9.26. The van der Waals surface area contributed by atoms with Crippen LogP contribution in [0.2, 0.25) is 5.02 Å². The number of ether oxygens (including phenoxy) is 1. The highest BCUT2D eigenvalue weighted by molar-refractivity contribution is 6.36. The zero-order chi connectivity index (χ0) is 33.3. The number of alkyl halides is 1. The average molecular weight is 660 g/mol. The number of halogens is 3. The number of rotatable bonds is 8. The molecule has 0 N–H and O–H groups in total. The molecule has 12 heteroatoms. The van der Waals surface area contributed by atoms with Gasteiger partial charge in [0.2, 0.25) is 12.5 Å². The van der Waals surface area contributed by atoms with Gasteiger partial charge >= 0.3 is 6.01 Å². The van der Waals surface area contributed by atoms with Crippen LogP contribution in [0.15, 0.2) is 54.7 Å². The summed E-state index contributed by atoms with van der Waals surface area (Å²) in [6.07, 6.45) is 4.87. The second-order valence-corrected chi connectivity index (χ2v) is 13.2. The van der Waals surface area contributed by atoms with Gasteiger partial charge in [-0.3, -0.25) is 14.7 Å². The fraction of sp³-hybridized carbons (Fsp3) is 0.400. The number of anilines is 1. The van der Waals surface area contributed by atoms with E-state index < -0.39 is 18.5 Å². The topological polar surface area (TPSA) is 79.1 Å². The minimum absolute atomic E-state index is 0.0253. The minimum Gasteiger partial charge on any atom is -0.462 e. The molecule has 9 nitrogen and oxygen atoms in total. The van der Waals surface area contributed by atoms with Gasteiger partial charge in [0, 0.05) is 66.0 Å². The van der Waals surface area contributed by atoms with Crippen molar-refractivity contribution in [3.05, 3.63) is 77.0 Å². The highest BCUT2D eigenvalue weighted by Crippen LogP contribution is 2.38. The van der Waals surface area contributed by atoms with Crippen molar-refractivity contribution in [2.75, 3.05) is 50.9 Å². The molecule has 1 unspecified atom stereocenters. The third-order valence-electron chi connectivity index (χ3n) is 8.88. The van der Waals surface area contributed by atoms with E-state index >= 15 is 4.39 Å². The van der Waals surface area contributed by atoms with Crippen LogP contribution in [0, 0.1) is 12.4 Å². The molecule has 0 radical (unpaired) electrons. The van der Waals surface area contributed by atoms with Crippen LogP contribution in [0.1, 0.15) is 27.2 Å². The Morgan fingerprint density at radius 2 is 1.94 bits per heavy atom. The molecule has 2 aromatic heterocycles. The molecule has 6 rings (SSSR count). The largest absolute Gasteiger partial charge is 0.462 e. The average Bonchev–Trinajstić information content (AvgIpc) is 3.02. The molecule has 47 heavy (non-hydrogen) atoms. The molecule has 2 aliphatic rings. The van der Waals surface area contributed by atoms with Crippen LogP contribution in [0.4, 0.5) is 14.6 Å². The van der Waals surface area contributed by atoms with Crippen molar-refractivity contribution in [3.8, 4) is 17.3 Å². The van der Waals surface area contributed by atoms with Crippen LogP contribution in [0.5, 0.6) is 6.01 Å². The van der Waals surface area contributed by atoms with Crippen LogP contribution in [0.25, 0.3) is 37.8 Å². The molecule has 244 valence electrons. The number of amides is 1. The van der Waals surface area contributed by atoms with E-state index in [4.69, 9.17) is 27.9 Å². The number of fused-ring (bicyclic) bond motifs is 2. The first kappa shape index (κ1) is 32.5. The van der Waals surface area contributed by atoms with Crippen LogP contribution < -0.4 is 9.64 Å². The smallest absolute Gasteiger partial charge is 0.319 e. The van der Waals surface area contributed by atoms with Gasteiger partial charge in [0.25, 0.3) is 0 Å². The normalized spacial score (nSPS) is 18.9. The molecule has 2 atom stereocenters. The summed E-state index contributed by atoms with van der Waals surface area (Å²) < 4.78 is 35.6. The summed E-state index contributed by atoms with van der Waals surface area (Å²) in [6, 6.07) is 10.8. The molecule has 0 bridgehead atoms. The van der Waals surface area contributed by atoms with Gasteiger partial charge in [-0.2, -0.15) is 9.97 Å².